The minimum atomic E-state index is 0.697. The quantitative estimate of drug-likeness (QED) is 0.674. The van der Waals surface area contributed by atoms with Crippen LogP contribution in [0.4, 0.5) is 0 Å². The Morgan fingerprint density at radius 3 is 2.36 bits per heavy atom. The topological polar surface area (TPSA) is 15.3 Å². The Labute approximate surface area is 89.1 Å². The SMILES string of the molecule is CNCCC(C)N(CC1CC1)C(C)C. The van der Waals surface area contributed by atoms with Crippen LogP contribution in [0, 0.1) is 5.92 Å². The molecule has 0 bridgehead atoms. The predicted molar refractivity (Wildman–Crippen MR) is 62.6 cm³/mol. The Hall–Kier alpha value is -0.0800. The Kier molecular flexibility index (Phi) is 4.90. The molecule has 0 amide bonds. The fraction of sp³-hybridized carbons (Fsp3) is 1.00. The van der Waals surface area contributed by atoms with Crippen molar-refractivity contribution in [1.82, 2.24) is 10.2 Å². The third-order valence-electron chi connectivity index (χ3n) is 3.21. The van der Waals surface area contributed by atoms with Crippen LogP contribution in [-0.4, -0.2) is 37.1 Å². The molecule has 0 saturated heterocycles. The van der Waals surface area contributed by atoms with E-state index in [4.69, 9.17) is 0 Å². The first-order valence-electron chi connectivity index (χ1n) is 6.05. The molecule has 0 radical (unpaired) electrons. The highest BCUT2D eigenvalue weighted by atomic mass is 15.2. The van der Waals surface area contributed by atoms with E-state index in [-0.39, 0.29) is 0 Å². The van der Waals surface area contributed by atoms with Gasteiger partial charge in [0.15, 0.2) is 0 Å². The average Bonchev–Trinajstić information content (AvgIpc) is 2.93. The summed E-state index contributed by atoms with van der Waals surface area (Å²) in [6, 6.07) is 1.42. The van der Waals surface area contributed by atoms with Gasteiger partial charge in [0.1, 0.15) is 0 Å². The van der Waals surface area contributed by atoms with Crippen molar-refractivity contribution < 1.29 is 0 Å². The lowest BCUT2D eigenvalue weighted by Crippen LogP contribution is -2.41. The minimum Gasteiger partial charge on any atom is -0.320 e. The minimum absolute atomic E-state index is 0.697. The van der Waals surface area contributed by atoms with E-state index < -0.39 is 0 Å². The summed E-state index contributed by atoms with van der Waals surface area (Å²) in [6.07, 6.45) is 4.19. The van der Waals surface area contributed by atoms with Crippen LogP contribution in [0.1, 0.15) is 40.0 Å². The van der Waals surface area contributed by atoms with Gasteiger partial charge in [0.2, 0.25) is 0 Å². The number of hydrogen-bond acceptors (Lipinski definition) is 2. The van der Waals surface area contributed by atoms with Crippen LogP contribution in [0.5, 0.6) is 0 Å². The third-order valence-corrected chi connectivity index (χ3v) is 3.21. The van der Waals surface area contributed by atoms with E-state index in [1.54, 1.807) is 0 Å². The van der Waals surface area contributed by atoms with E-state index in [2.05, 4.69) is 31.0 Å². The maximum Gasteiger partial charge on any atom is 0.00818 e. The molecule has 0 heterocycles. The van der Waals surface area contributed by atoms with E-state index in [1.165, 1.54) is 25.8 Å². The maximum atomic E-state index is 3.23. The van der Waals surface area contributed by atoms with Crippen LogP contribution in [0.2, 0.25) is 0 Å². The van der Waals surface area contributed by atoms with Crippen LogP contribution < -0.4 is 5.32 Å². The number of hydrogen-bond donors (Lipinski definition) is 1. The highest BCUT2D eigenvalue weighted by molar-refractivity contribution is 4.81. The molecule has 0 spiro atoms. The zero-order valence-corrected chi connectivity index (χ0v) is 10.2. The van der Waals surface area contributed by atoms with E-state index in [0.29, 0.717) is 6.04 Å². The lowest BCUT2D eigenvalue weighted by molar-refractivity contribution is 0.149. The van der Waals surface area contributed by atoms with E-state index in [0.717, 1.165) is 18.5 Å². The first-order valence-corrected chi connectivity index (χ1v) is 6.05. The van der Waals surface area contributed by atoms with E-state index >= 15 is 0 Å². The molecule has 1 N–H and O–H groups in total. The standard InChI is InChI=1S/C12H26N2/c1-10(2)14(9-12-5-6-12)11(3)7-8-13-4/h10-13H,5-9H2,1-4H3. The summed E-state index contributed by atoms with van der Waals surface area (Å²) < 4.78 is 0. The highest BCUT2D eigenvalue weighted by Gasteiger charge is 2.27. The monoisotopic (exact) mass is 198 g/mol. The van der Waals surface area contributed by atoms with Gasteiger partial charge in [-0.2, -0.15) is 0 Å². The van der Waals surface area contributed by atoms with Crippen molar-refractivity contribution in [2.75, 3.05) is 20.1 Å². The zero-order valence-electron chi connectivity index (χ0n) is 10.2. The largest absolute Gasteiger partial charge is 0.320 e. The third kappa shape index (κ3) is 3.97. The van der Waals surface area contributed by atoms with Gasteiger partial charge in [-0.3, -0.25) is 4.90 Å². The molecule has 14 heavy (non-hydrogen) atoms. The molecular weight excluding hydrogens is 172 g/mol. The van der Waals surface area contributed by atoms with Crippen LogP contribution >= 0.6 is 0 Å². The van der Waals surface area contributed by atoms with Gasteiger partial charge < -0.3 is 5.32 Å². The van der Waals surface area contributed by atoms with Gasteiger partial charge >= 0.3 is 0 Å². The molecule has 2 nitrogen and oxygen atoms in total. The summed E-state index contributed by atoms with van der Waals surface area (Å²) in [4.78, 5) is 2.66. The fourth-order valence-electron chi connectivity index (χ4n) is 2.02. The molecule has 84 valence electrons. The summed E-state index contributed by atoms with van der Waals surface area (Å²) in [7, 11) is 2.04. The Balaban J connectivity index is 2.30. The van der Waals surface area contributed by atoms with Crippen LogP contribution in [0.15, 0.2) is 0 Å². The second-order valence-corrected chi connectivity index (χ2v) is 4.98. The van der Waals surface area contributed by atoms with Crippen molar-refractivity contribution in [2.45, 2.75) is 52.1 Å². The molecule has 0 aromatic heterocycles. The molecule has 1 fully saturated rings. The number of rotatable bonds is 7. The molecular formula is C12H26N2. The van der Waals surface area contributed by atoms with Crippen molar-refractivity contribution in [2.24, 2.45) is 5.92 Å². The molecule has 1 unspecified atom stereocenters. The van der Waals surface area contributed by atoms with Crippen molar-refractivity contribution in [3.8, 4) is 0 Å². The Morgan fingerprint density at radius 2 is 1.93 bits per heavy atom. The average molecular weight is 198 g/mol. The first kappa shape index (κ1) is 12.0. The summed E-state index contributed by atoms with van der Waals surface area (Å²) in [5, 5.41) is 3.23. The Morgan fingerprint density at radius 1 is 1.29 bits per heavy atom. The van der Waals surface area contributed by atoms with Crippen molar-refractivity contribution >= 4 is 0 Å². The number of nitrogens with zero attached hydrogens (tertiary/aromatic N) is 1. The fourth-order valence-corrected chi connectivity index (χ4v) is 2.02. The lowest BCUT2D eigenvalue weighted by Gasteiger charge is -2.33. The second kappa shape index (κ2) is 5.72. The summed E-state index contributed by atoms with van der Waals surface area (Å²) in [5.74, 6) is 1.01. The molecule has 1 rings (SSSR count). The number of nitrogens with one attached hydrogen (secondary N) is 1. The Bertz CT molecular complexity index is 152. The van der Waals surface area contributed by atoms with Gasteiger partial charge in [0.25, 0.3) is 0 Å². The highest BCUT2D eigenvalue weighted by Crippen LogP contribution is 2.31. The van der Waals surface area contributed by atoms with E-state index in [1.807, 2.05) is 7.05 Å². The lowest BCUT2D eigenvalue weighted by atomic mass is 10.1. The summed E-state index contributed by atoms with van der Waals surface area (Å²) in [6.45, 7) is 9.45. The van der Waals surface area contributed by atoms with Gasteiger partial charge in [-0.05, 0) is 59.5 Å². The molecule has 1 atom stereocenters. The molecule has 2 heteroatoms. The van der Waals surface area contributed by atoms with Crippen LogP contribution in [0.3, 0.4) is 0 Å². The van der Waals surface area contributed by atoms with Crippen LogP contribution in [0.25, 0.3) is 0 Å². The zero-order chi connectivity index (χ0) is 10.6. The van der Waals surface area contributed by atoms with Gasteiger partial charge in [-0.15, -0.1) is 0 Å². The summed E-state index contributed by atoms with van der Waals surface area (Å²) in [5.41, 5.74) is 0. The van der Waals surface area contributed by atoms with Crippen molar-refractivity contribution in [3.63, 3.8) is 0 Å². The van der Waals surface area contributed by atoms with Gasteiger partial charge in [0.05, 0.1) is 0 Å². The predicted octanol–water partition coefficient (Wildman–Crippen LogP) is 2.10. The van der Waals surface area contributed by atoms with E-state index in [9.17, 15) is 0 Å². The van der Waals surface area contributed by atoms with Gasteiger partial charge in [0, 0.05) is 18.6 Å². The van der Waals surface area contributed by atoms with Crippen molar-refractivity contribution in [1.29, 1.82) is 0 Å². The molecule has 1 saturated carbocycles. The normalized spacial score (nSPS) is 19.3. The molecule has 0 aliphatic heterocycles. The molecule has 1 aliphatic carbocycles. The van der Waals surface area contributed by atoms with Crippen LogP contribution in [-0.2, 0) is 0 Å². The summed E-state index contributed by atoms with van der Waals surface area (Å²) >= 11 is 0. The van der Waals surface area contributed by atoms with Gasteiger partial charge in [-0.1, -0.05) is 0 Å². The first-order chi connectivity index (χ1) is 6.65. The molecule has 0 aromatic carbocycles. The molecule has 0 aromatic rings. The molecule has 1 aliphatic rings. The van der Waals surface area contributed by atoms with Gasteiger partial charge in [-0.25, -0.2) is 0 Å². The smallest absolute Gasteiger partial charge is 0.00818 e. The maximum absolute atomic E-state index is 3.23. The second-order valence-electron chi connectivity index (χ2n) is 4.98. The van der Waals surface area contributed by atoms with Crippen molar-refractivity contribution in [3.05, 3.63) is 0 Å².